The Morgan fingerprint density at radius 1 is 1.03 bits per heavy atom. The van der Waals surface area contributed by atoms with Crippen LogP contribution in [0.3, 0.4) is 0 Å². The second kappa shape index (κ2) is 11.1. The molecule has 4 aromatic rings. The van der Waals surface area contributed by atoms with E-state index in [1.165, 1.54) is 13.3 Å². The number of esters is 2. The van der Waals surface area contributed by atoms with Gasteiger partial charge in [0.1, 0.15) is 17.1 Å². The summed E-state index contributed by atoms with van der Waals surface area (Å²) in [5.74, 6) is -2.16. The topological polar surface area (TPSA) is 83.8 Å². The molecule has 0 spiro atoms. The molecule has 1 aromatic heterocycles. The molecule has 0 unspecified atom stereocenters. The number of methoxy groups -OCH3 is 1. The van der Waals surface area contributed by atoms with Crippen LogP contribution in [0, 0.1) is 5.82 Å². The first-order valence-electron chi connectivity index (χ1n) is 12.8. The summed E-state index contributed by atoms with van der Waals surface area (Å²) in [6.45, 7) is 1.75. The van der Waals surface area contributed by atoms with Crippen LogP contribution in [-0.4, -0.2) is 30.2 Å². The van der Waals surface area contributed by atoms with Crippen molar-refractivity contribution in [1.82, 2.24) is 4.57 Å². The third kappa shape index (κ3) is 5.27. The molecule has 0 amide bonds. The normalized spacial score (nSPS) is 12.9. The molecule has 7 nitrogen and oxygen atoms in total. The van der Waals surface area contributed by atoms with Crippen LogP contribution in [0.2, 0.25) is 0 Å². The van der Waals surface area contributed by atoms with Crippen molar-refractivity contribution in [3.63, 3.8) is 0 Å². The average Bonchev–Trinajstić information content (AvgIpc) is 3.79. The van der Waals surface area contributed by atoms with Crippen molar-refractivity contribution < 1.29 is 28.2 Å². The second-order valence-electron chi connectivity index (χ2n) is 9.37. The van der Waals surface area contributed by atoms with Crippen molar-refractivity contribution in [3.8, 4) is 5.75 Å². The Kier molecular flexibility index (Phi) is 7.45. The first kappa shape index (κ1) is 26.2. The van der Waals surface area contributed by atoms with E-state index in [9.17, 15) is 14.4 Å². The van der Waals surface area contributed by atoms with Gasteiger partial charge in [-0.05, 0) is 37.0 Å². The summed E-state index contributed by atoms with van der Waals surface area (Å²) in [6.07, 6.45) is 2.00. The molecule has 200 valence electrons. The second-order valence-corrected chi connectivity index (χ2v) is 9.37. The van der Waals surface area contributed by atoms with Gasteiger partial charge in [-0.15, -0.1) is 0 Å². The van der Waals surface area contributed by atoms with Gasteiger partial charge in [0.15, 0.2) is 6.10 Å². The van der Waals surface area contributed by atoms with Gasteiger partial charge in [-0.25, -0.2) is 9.18 Å². The monoisotopic (exact) mass is 529 g/mol. The van der Waals surface area contributed by atoms with Crippen LogP contribution >= 0.6 is 0 Å². The average molecular weight is 530 g/mol. The fraction of sp³-hybridized carbons (Fsp3) is 0.258. The molecule has 3 aromatic carbocycles. The van der Waals surface area contributed by atoms with Crippen LogP contribution in [0.15, 0.2) is 77.7 Å². The Bertz CT molecular complexity index is 1540. The smallest absolute Gasteiger partial charge is 0.343 e. The van der Waals surface area contributed by atoms with Gasteiger partial charge in [0, 0.05) is 17.8 Å². The first-order chi connectivity index (χ1) is 18.9. The predicted molar refractivity (Wildman–Crippen MR) is 143 cm³/mol. The van der Waals surface area contributed by atoms with Gasteiger partial charge in [0.25, 0.3) is 0 Å². The molecule has 0 radical (unpaired) electrons. The summed E-state index contributed by atoms with van der Waals surface area (Å²) in [4.78, 5) is 39.0. The maximum atomic E-state index is 15.6. The zero-order valence-corrected chi connectivity index (χ0v) is 21.7. The molecule has 1 saturated carbocycles. The number of fused-ring (bicyclic) bond motifs is 1. The van der Waals surface area contributed by atoms with E-state index >= 15 is 4.39 Å². The van der Waals surface area contributed by atoms with Crippen molar-refractivity contribution >= 4 is 22.8 Å². The first-order valence-corrected chi connectivity index (χ1v) is 12.8. The number of pyridine rings is 1. The third-order valence-electron chi connectivity index (χ3n) is 6.73. The molecule has 1 fully saturated rings. The van der Waals surface area contributed by atoms with Crippen LogP contribution < -0.4 is 10.2 Å². The van der Waals surface area contributed by atoms with Crippen molar-refractivity contribution in [2.75, 3.05) is 13.7 Å². The number of halogens is 1. The number of ether oxygens (including phenoxy) is 3. The Hall–Kier alpha value is -4.46. The van der Waals surface area contributed by atoms with E-state index in [0.29, 0.717) is 5.52 Å². The number of hydrogen-bond donors (Lipinski definition) is 0. The van der Waals surface area contributed by atoms with Crippen molar-refractivity contribution in [3.05, 3.63) is 111 Å². The van der Waals surface area contributed by atoms with Gasteiger partial charge >= 0.3 is 11.9 Å². The summed E-state index contributed by atoms with van der Waals surface area (Å²) in [6, 6.07) is 19.7. The lowest BCUT2D eigenvalue weighted by molar-refractivity contribution is -0.146. The molecule has 0 bridgehead atoms. The molecule has 1 aliphatic rings. The number of nitrogens with zero attached hydrogens (tertiary/aromatic N) is 1. The molecular formula is C31H28FNO6. The summed E-state index contributed by atoms with van der Waals surface area (Å²) in [5, 5.41) is -0.00892. The standard InChI is InChI=1S/C31H28FNO6/c1-3-38-31(36)24-18-33(21-14-15-21)27-23(28(24)35)16-25(32)22(30(27)37-2)17-26(34)39-29(19-10-6-4-7-11-19)20-12-8-5-9-13-20/h4-13,16,18,21,29H,3,14-15,17H2,1-2H3. The zero-order chi connectivity index (χ0) is 27.5. The van der Waals surface area contributed by atoms with Gasteiger partial charge < -0.3 is 18.8 Å². The Morgan fingerprint density at radius 2 is 1.64 bits per heavy atom. The third-order valence-corrected chi connectivity index (χ3v) is 6.73. The number of carbonyl (C=O) groups is 2. The molecule has 39 heavy (non-hydrogen) atoms. The Morgan fingerprint density at radius 3 is 2.18 bits per heavy atom. The van der Waals surface area contributed by atoms with E-state index in [-0.39, 0.29) is 34.9 Å². The maximum absolute atomic E-state index is 15.6. The van der Waals surface area contributed by atoms with E-state index < -0.39 is 35.7 Å². The summed E-state index contributed by atoms with van der Waals surface area (Å²) < 4.78 is 33.9. The number of benzene rings is 3. The van der Waals surface area contributed by atoms with Gasteiger partial charge in [0.05, 0.1) is 31.0 Å². The van der Waals surface area contributed by atoms with E-state index in [2.05, 4.69) is 0 Å². The predicted octanol–water partition coefficient (Wildman–Crippen LogP) is 5.54. The van der Waals surface area contributed by atoms with Gasteiger partial charge in [0.2, 0.25) is 5.43 Å². The maximum Gasteiger partial charge on any atom is 0.343 e. The summed E-state index contributed by atoms with van der Waals surface area (Å²) in [7, 11) is 1.36. The Labute approximate surface area is 224 Å². The van der Waals surface area contributed by atoms with Crippen LogP contribution in [0.4, 0.5) is 4.39 Å². The lowest BCUT2D eigenvalue weighted by atomic mass is 10.0. The SMILES string of the molecule is CCOC(=O)c1cn(C2CC2)c2c(OC)c(CC(=O)OC(c3ccccc3)c3ccccc3)c(F)cc2c1=O. The highest BCUT2D eigenvalue weighted by Crippen LogP contribution is 2.41. The molecule has 0 aliphatic heterocycles. The fourth-order valence-corrected chi connectivity index (χ4v) is 4.77. The quantitative estimate of drug-likeness (QED) is 0.265. The van der Waals surface area contributed by atoms with E-state index in [1.54, 1.807) is 11.5 Å². The molecule has 1 heterocycles. The van der Waals surface area contributed by atoms with E-state index in [0.717, 1.165) is 30.0 Å². The number of carbonyl (C=O) groups excluding carboxylic acids is 2. The van der Waals surface area contributed by atoms with Gasteiger partial charge in [-0.2, -0.15) is 0 Å². The van der Waals surface area contributed by atoms with Crippen molar-refractivity contribution in [2.24, 2.45) is 0 Å². The zero-order valence-electron chi connectivity index (χ0n) is 21.7. The summed E-state index contributed by atoms with van der Waals surface area (Å²) in [5.41, 5.74) is 1.05. The van der Waals surface area contributed by atoms with Crippen LogP contribution in [-0.2, 0) is 20.7 Å². The number of aromatic nitrogens is 1. The number of rotatable bonds is 9. The molecule has 5 rings (SSSR count). The minimum atomic E-state index is -0.798. The molecule has 0 atom stereocenters. The minimum absolute atomic E-state index is 0.00892. The molecule has 8 heteroatoms. The van der Waals surface area contributed by atoms with Crippen molar-refractivity contribution in [2.45, 2.75) is 38.3 Å². The van der Waals surface area contributed by atoms with E-state index in [1.807, 2.05) is 60.7 Å². The highest BCUT2D eigenvalue weighted by Gasteiger charge is 2.31. The van der Waals surface area contributed by atoms with E-state index in [4.69, 9.17) is 14.2 Å². The summed E-state index contributed by atoms with van der Waals surface area (Å²) >= 11 is 0. The van der Waals surface area contributed by atoms with Crippen molar-refractivity contribution in [1.29, 1.82) is 0 Å². The molecular weight excluding hydrogens is 501 g/mol. The Balaban J connectivity index is 1.56. The lowest BCUT2D eigenvalue weighted by Gasteiger charge is -2.21. The minimum Gasteiger partial charge on any atom is -0.494 e. The highest BCUT2D eigenvalue weighted by atomic mass is 19.1. The van der Waals surface area contributed by atoms with Crippen LogP contribution in [0.25, 0.3) is 10.9 Å². The molecule has 0 N–H and O–H groups in total. The van der Waals surface area contributed by atoms with Gasteiger partial charge in [-0.1, -0.05) is 60.7 Å². The van der Waals surface area contributed by atoms with Gasteiger partial charge in [-0.3, -0.25) is 9.59 Å². The van der Waals surface area contributed by atoms with Crippen LogP contribution in [0.1, 0.15) is 59.0 Å². The largest absolute Gasteiger partial charge is 0.494 e. The van der Waals surface area contributed by atoms with Crippen LogP contribution in [0.5, 0.6) is 5.75 Å². The number of hydrogen-bond acceptors (Lipinski definition) is 6. The molecule has 1 aliphatic carbocycles. The lowest BCUT2D eigenvalue weighted by Crippen LogP contribution is -2.22. The molecule has 0 saturated heterocycles. The highest BCUT2D eigenvalue weighted by molar-refractivity contribution is 5.96. The fourth-order valence-electron chi connectivity index (χ4n) is 4.77.